The van der Waals surface area contributed by atoms with Crippen molar-refractivity contribution in [1.29, 1.82) is 0 Å². The smallest absolute Gasteiger partial charge is 0.259 e. The zero-order valence-corrected chi connectivity index (χ0v) is 20.9. The van der Waals surface area contributed by atoms with Gasteiger partial charge in [-0.3, -0.25) is 4.79 Å². The standard InChI is InChI=1S/C25H27BrN2O4S/c1-3-18(2)28-33(30,31)22-12-10-21(11-13-22)27-25(29)23-17-20(26)9-14-24(23)32-16-15-19-7-5-4-6-8-19/h4-14,17-18,28H,3,15-16H2,1-2H3,(H,27,29). The molecular formula is C25H27BrN2O4S. The molecule has 0 heterocycles. The molecule has 0 fully saturated rings. The van der Waals surface area contributed by atoms with Gasteiger partial charge in [-0.25, -0.2) is 13.1 Å². The van der Waals surface area contributed by atoms with E-state index in [1.807, 2.05) is 50.2 Å². The quantitative estimate of drug-likeness (QED) is 0.367. The van der Waals surface area contributed by atoms with Crippen molar-refractivity contribution in [3.8, 4) is 5.75 Å². The Hall–Kier alpha value is -2.68. The lowest BCUT2D eigenvalue weighted by atomic mass is 10.1. The van der Waals surface area contributed by atoms with Crippen LogP contribution in [0.25, 0.3) is 0 Å². The van der Waals surface area contributed by atoms with Gasteiger partial charge in [-0.05, 0) is 61.4 Å². The summed E-state index contributed by atoms with van der Waals surface area (Å²) in [5.41, 5.74) is 2.02. The molecule has 1 amide bonds. The molecule has 3 aromatic carbocycles. The fourth-order valence-electron chi connectivity index (χ4n) is 3.06. The van der Waals surface area contributed by atoms with E-state index in [1.165, 1.54) is 12.1 Å². The summed E-state index contributed by atoms with van der Waals surface area (Å²) in [4.78, 5) is 13.1. The highest BCUT2D eigenvalue weighted by molar-refractivity contribution is 9.10. The van der Waals surface area contributed by atoms with Gasteiger partial charge in [0.05, 0.1) is 17.1 Å². The van der Waals surface area contributed by atoms with Gasteiger partial charge < -0.3 is 10.1 Å². The van der Waals surface area contributed by atoms with Crippen molar-refractivity contribution in [2.45, 2.75) is 37.6 Å². The van der Waals surface area contributed by atoms with Crippen molar-refractivity contribution in [2.24, 2.45) is 0 Å². The second-order valence-corrected chi connectivity index (χ2v) is 10.3. The van der Waals surface area contributed by atoms with Gasteiger partial charge in [0.1, 0.15) is 5.75 Å². The molecule has 0 aliphatic heterocycles. The van der Waals surface area contributed by atoms with Crippen LogP contribution in [-0.2, 0) is 16.4 Å². The number of amides is 1. The van der Waals surface area contributed by atoms with Crippen LogP contribution in [0.2, 0.25) is 0 Å². The molecule has 0 spiro atoms. The predicted molar refractivity (Wildman–Crippen MR) is 134 cm³/mol. The molecule has 0 saturated carbocycles. The van der Waals surface area contributed by atoms with Gasteiger partial charge in [0.2, 0.25) is 10.0 Å². The highest BCUT2D eigenvalue weighted by atomic mass is 79.9. The summed E-state index contributed by atoms with van der Waals surface area (Å²) in [5, 5.41) is 2.81. The molecule has 0 bridgehead atoms. The number of carbonyl (C=O) groups is 1. The summed E-state index contributed by atoms with van der Waals surface area (Å²) in [6.07, 6.45) is 1.41. The fraction of sp³-hybridized carbons (Fsp3) is 0.240. The molecule has 3 rings (SSSR count). The third-order valence-electron chi connectivity index (χ3n) is 5.07. The van der Waals surface area contributed by atoms with E-state index >= 15 is 0 Å². The first-order chi connectivity index (χ1) is 15.8. The molecule has 0 saturated heterocycles. The number of hydrogen-bond donors (Lipinski definition) is 2. The van der Waals surface area contributed by atoms with Gasteiger partial charge in [0.15, 0.2) is 0 Å². The lowest BCUT2D eigenvalue weighted by Gasteiger charge is -2.14. The van der Waals surface area contributed by atoms with E-state index in [0.717, 1.165) is 16.5 Å². The topological polar surface area (TPSA) is 84.5 Å². The van der Waals surface area contributed by atoms with E-state index in [2.05, 4.69) is 26.0 Å². The number of anilines is 1. The Labute approximate surface area is 203 Å². The van der Waals surface area contributed by atoms with Gasteiger partial charge in [-0.2, -0.15) is 0 Å². The Bertz CT molecular complexity index is 1180. The monoisotopic (exact) mass is 530 g/mol. The maximum absolute atomic E-state index is 12.9. The Morgan fingerprint density at radius 3 is 2.39 bits per heavy atom. The van der Waals surface area contributed by atoms with Gasteiger partial charge in [0, 0.05) is 22.6 Å². The van der Waals surface area contributed by atoms with E-state index in [-0.39, 0.29) is 16.8 Å². The molecule has 1 atom stereocenters. The normalized spacial score (nSPS) is 12.2. The summed E-state index contributed by atoms with van der Waals surface area (Å²) >= 11 is 3.40. The number of halogens is 1. The Balaban J connectivity index is 1.69. The van der Waals surface area contributed by atoms with Crippen molar-refractivity contribution < 1.29 is 17.9 Å². The van der Waals surface area contributed by atoms with Crippen LogP contribution in [0.5, 0.6) is 5.75 Å². The third kappa shape index (κ3) is 7.15. The van der Waals surface area contributed by atoms with Crippen molar-refractivity contribution >= 4 is 37.5 Å². The fourth-order valence-corrected chi connectivity index (χ4v) is 4.75. The first-order valence-corrected chi connectivity index (χ1v) is 13.0. The molecule has 0 aromatic heterocycles. The van der Waals surface area contributed by atoms with Gasteiger partial charge >= 0.3 is 0 Å². The van der Waals surface area contributed by atoms with E-state index in [9.17, 15) is 13.2 Å². The second kappa shape index (κ2) is 11.4. The van der Waals surface area contributed by atoms with Crippen LogP contribution in [0.1, 0.15) is 36.2 Å². The van der Waals surface area contributed by atoms with E-state index in [0.29, 0.717) is 30.0 Å². The lowest BCUT2D eigenvalue weighted by Crippen LogP contribution is -2.31. The molecule has 6 nitrogen and oxygen atoms in total. The molecule has 2 N–H and O–H groups in total. The van der Waals surface area contributed by atoms with Crippen LogP contribution in [0.3, 0.4) is 0 Å². The Morgan fingerprint density at radius 1 is 1.03 bits per heavy atom. The molecule has 3 aromatic rings. The summed E-state index contributed by atoms with van der Waals surface area (Å²) < 4.78 is 34.1. The van der Waals surface area contributed by atoms with Crippen LogP contribution in [-0.4, -0.2) is 27.0 Å². The zero-order chi connectivity index (χ0) is 23.8. The number of carbonyl (C=O) groups excluding carboxylic acids is 1. The molecule has 33 heavy (non-hydrogen) atoms. The maximum atomic E-state index is 12.9. The number of sulfonamides is 1. The molecule has 8 heteroatoms. The SMILES string of the molecule is CCC(C)NS(=O)(=O)c1ccc(NC(=O)c2cc(Br)ccc2OCCc2ccccc2)cc1. The highest BCUT2D eigenvalue weighted by Crippen LogP contribution is 2.25. The zero-order valence-electron chi connectivity index (χ0n) is 18.5. The van der Waals surface area contributed by atoms with Crippen LogP contribution in [0.4, 0.5) is 5.69 Å². The minimum atomic E-state index is -3.60. The van der Waals surface area contributed by atoms with Gasteiger partial charge in [-0.15, -0.1) is 0 Å². The van der Waals surface area contributed by atoms with E-state index in [1.54, 1.807) is 24.3 Å². The minimum Gasteiger partial charge on any atom is -0.492 e. The molecule has 0 aliphatic carbocycles. The van der Waals surface area contributed by atoms with Crippen molar-refractivity contribution in [2.75, 3.05) is 11.9 Å². The Morgan fingerprint density at radius 2 is 1.73 bits per heavy atom. The number of ether oxygens (including phenoxy) is 1. The number of hydrogen-bond acceptors (Lipinski definition) is 4. The largest absolute Gasteiger partial charge is 0.492 e. The van der Waals surface area contributed by atoms with Crippen molar-refractivity contribution in [3.63, 3.8) is 0 Å². The molecule has 0 radical (unpaired) electrons. The average molecular weight is 531 g/mol. The predicted octanol–water partition coefficient (Wildman–Crippen LogP) is 5.40. The van der Waals surface area contributed by atoms with Crippen LogP contribution < -0.4 is 14.8 Å². The first kappa shape index (κ1) is 25.0. The van der Waals surface area contributed by atoms with E-state index in [4.69, 9.17) is 4.74 Å². The summed E-state index contributed by atoms with van der Waals surface area (Å²) in [6, 6.07) is 21.2. The molecular weight excluding hydrogens is 504 g/mol. The van der Waals surface area contributed by atoms with Gasteiger partial charge in [0.25, 0.3) is 5.91 Å². The number of nitrogens with one attached hydrogen (secondary N) is 2. The Kier molecular flexibility index (Phi) is 8.66. The number of rotatable bonds is 10. The van der Waals surface area contributed by atoms with Gasteiger partial charge in [-0.1, -0.05) is 53.2 Å². The third-order valence-corrected chi connectivity index (χ3v) is 7.17. The average Bonchev–Trinajstić information content (AvgIpc) is 2.80. The summed E-state index contributed by atoms with van der Waals surface area (Å²) in [6.45, 7) is 4.15. The summed E-state index contributed by atoms with van der Waals surface area (Å²) in [5.74, 6) is 0.128. The number of benzene rings is 3. The first-order valence-electron chi connectivity index (χ1n) is 10.7. The molecule has 1 unspecified atom stereocenters. The van der Waals surface area contributed by atoms with Crippen LogP contribution >= 0.6 is 15.9 Å². The second-order valence-electron chi connectivity index (χ2n) is 7.63. The van der Waals surface area contributed by atoms with Crippen LogP contribution in [0, 0.1) is 0 Å². The van der Waals surface area contributed by atoms with Crippen molar-refractivity contribution in [1.82, 2.24) is 4.72 Å². The van der Waals surface area contributed by atoms with Crippen LogP contribution in [0.15, 0.2) is 82.2 Å². The van der Waals surface area contributed by atoms with Crippen molar-refractivity contribution in [3.05, 3.63) is 88.4 Å². The lowest BCUT2D eigenvalue weighted by molar-refractivity contribution is 0.102. The van der Waals surface area contributed by atoms with E-state index < -0.39 is 10.0 Å². The molecule has 174 valence electrons. The highest BCUT2D eigenvalue weighted by Gasteiger charge is 2.18. The maximum Gasteiger partial charge on any atom is 0.259 e. The summed E-state index contributed by atoms with van der Waals surface area (Å²) in [7, 11) is -3.60. The minimum absolute atomic E-state index is 0.146. The molecule has 0 aliphatic rings.